The Hall–Kier alpha value is -2.01. The quantitative estimate of drug-likeness (QED) is 0.801. The number of carbonyl (C=O) groups excluding carboxylic acids is 1. The van der Waals surface area contributed by atoms with Crippen LogP contribution in [0.5, 0.6) is 11.5 Å². The topological polar surface area (TPSA) is 47.6 Å². The van der Waals surface area contributed by atoms with Crippen molar-refractivity contribution >= 4 is 17.2 Å². The van der Waals surface area contributed by atoms with Gasteiger partial charge in [0.05, 0.1) is 25.1 Å². The summed E-state index contributed by atoms with van der Waals surface area (Å²) in [6.07, 6.45) is 2.09. The maximum Gasteiger partial charge on any atom is 0.261 e. The van der Waals surface area contributed by atoms with Crippen LogP contribution in [0.25, 0.3) is 0 Å². The number of thiophene rings is 1. The Morgan fingerprint density at radius 1 is 1.25 bits per heavy atom. The van der Waals surface area contributed by atoms with Crippen LogP contribution in [0, 0.1) is 6.92 Å². The van der Waals surface area contributed by atoms with Crippen molar-refractivity contribution in [3.05, 3.63) is 45.1 Å². The van der Waals surface area contributed by atoms with Crippen molar-refractivity contribution in [1.82, 2.24) is 5.32 Å². The smallest absolute Gasteiger partial charge is 0.261 e. The summed E-state index contributed by atoms with van der Waals surface area (Å²) >= 11 is 1.55. The van der Waals surface area contributed by atoms with Crippen molar-refractivity contribution in [2.24, 2.45) is 0 Å². The van der Waals surface area contributed by atoms with Crippen LogP contribution in [0.3, 0.4) is 0 Å². The van der Waals surface area contributed by atoms with Crippen molar-refractivity contribution in [2.45, 2.75) is 39.7 Å². The summed E-state index contributed by atoms with van der Waals surface area (Å²) in [6.45, 7) is 6.16. The molecule has 0 spiro atoms. The molecule has 0 saturated heterocycles. The van der Waals surface area contributed by atoms with Crippen LogP contribution in [0.2, 0.25) is 0 Å². The minimum absolute atomic E-state index is 0.0529. The average molecular weight is 347 g/mol. The van der Waals surface area contributed by atoms with E-state index in [2.05, 4.69) is 19.2 Å². The van der Waals surface area contributed by atoms with Gasteiger partial charge in [-0.25, -0.2) is 0 Å². The first-order chi connectivity index (χ1) is 11.5. The zero-order valence-electron chi connectivity index (χ0n) is 14.9. The molecule has 0 saturated carbocycles. The molecule has 1 N–H and O–H groups in total. The molecule has 1 heterocycles. The summed E-state index contributed by atoms with van der Waals surface area (Å²) in [4.78, 5) is 14.6. The molecule has 1 aromatic heterocycles. The van der Waals surface area contributed by atoms with Gasteiger partial charge in [0, 0.05) is 10.4 Å². The Kier molecular flexibility index (Phi) is 6.26. The molecule has 2 rings (SSSR count). The predicted octanol–water partition coefficient (Wildman–Crippen LogP) is 4.52. The summed E-state index contributed by atoms with van der Waals surface area (Å²) in [5, 5.41) is 3.06. The van der Waals surface area contributed by atoms with E-state index in [0.29, 0.717) is 0 Å². The number of rotatable bonds is 7. The van der Waals surface area contributed by atoms with Crippen LogP contribution in [-0.2, 0) is 6.42 Å². The molecule has 0 bridgehead atoms. The average Bonchev–Trinajstić information content (AvgIpc) is 2.95. The van der Waals surface area contributed by atoms with E-state index in [1.165, 1.54) is 10.4 Å². The molecule has 0 aliphatic heterocycles. The van der Waals surface area contributed by atoms with Gasteiger partial charge in [-0.1, -0.05) is 13.3 Å². The summed E-state index contributed by atoms with van der Waals surface area (Å²) in [6, 6.07) is 7.42. The molecule has 0 unspecified atom stereocenters. The van der Waals surface area contributed by atoms with Crippen LogP contribution in [0.15, 0.2) is 24.3 Å². The molecule has 0 fully saturated rings. The fourth-order valence-electron chi connectivity index (χ4n) is 2.67. The van der Waals surface area contributed by atoms with Gasteiger partial charge in [-0.2, -0.15) is 0 Å². The van der Waals surface area contributed by atoms with Crippen LogP contribution in [0.1, 0.15) is 52.0 Å². The number of amides is 1. The minimum atomic E-state index is -0.181. The van der Waals surface area contributed by atoms with E-state index < -0.39 is 0 Å². The maximum absolute atomic E-state index is 12.6. The number of hydrogen-bond acceptors (Lipinski definition) is 4. The van der Waals surface area contributed by atoms with E-state index in [1.54, 1.807) is 25.6 Å². The minimum Gasteiger partial charge on any atom is -0.497 e. The van der Waals surface area contributed by atoms with Crippen LogP contribution < -0.4 is 14.8 Å². The van der Waals surface area contributed by atoms with Gasteiger partial charge in [-0.15, -0.1) is 11.3 Å². The van der Waals surface area contributed by atoms with Gasteiger partial charge in [-0.05, 0) is 50.1 Å². The molecule has 2 aromatic rings. The number of methoxy groups -OCH3 is 2. The van der Waals surface area contributed by atoms with Gasteiger partial charge in [0.15, 0.2) is 0 Å². The number of aryl methyl sites for hydroxylation is 2. The third-order valence-corrected chi connectivity index (χ3v) is 5.11. The second-order valence-corrected chi connectivity index (χ2v) is 7.00. The van der Waals surface area contributed by atoms with Crippen molar-refractivity contribution in [3.63, 3.8) is 0 Å². The highest BCUT2D eigenvalue weighted by atomic mass is 32.1. The molecular formula is C19H25NO3S. The molecule has 0 aliphatic rings. The predicted molar refractivity (Wildman–Crippen MR) is 98.5 cm³/mol. The Morgan fingerprint density at radius 2 is 2.00 bits per heavy atom. The molecule has 4 nitrogen and oxygen atoms in total. The van der Waals surface area contributed by atoms with E-state index in [4.69, 9.17) is 9.47 Å². The highest BCUT2D eigenvalue weighted by Gasteiger charge is 2.18. The van der Waals surface area contributed by atoms with Gasteiger partial charge >= 0.3 is 0 Å². The molecule has 1 atom stereocenters. The molecule has 0 radical (unpaired) electrons. The number of hydrogen-bond donors (Lipinski definition) is 1. The van der Waals surface area contributed by atoms with E-state index in [9.17, 15) is 4.79 Å². The number of ether oxygens (including phenoxy) is 2. The molecule has 0 aliphatic carbocycles. The lowest BCUT2D eigenvalue weighted by atomic mass is 10.1. The van der Waals surface area contributed by atoms with Gasteiger partial charge in [-0.3, -0.25) is 4.79 Å². The second kappa shape index (κ2) is 8.20. The number of nitrogens with one attached hydrogen (secondary N) is 1. The lowest BCUT2D eigenvalue weighted by Crippen LogP contribution is -2.26. The fraction of sp³-hybridized carbons (Fsp3) is 0.421. The molecule has 5 heteroatoms. The van der Waals surface area contributed by atoms with Crippen LogP contribution >= 0.6 is 11.3 Å². The van der Waals surface area contributed by atoms with E-state index in [0.717, 1.165) is 34.8 Å². The Balaban J connectivity index is 2.18. The number of carbonyl (C=O) groups is 1. The summed E-state index contributed by atoms with van der Waals surface area (Å²) in [7, 11) is 3.25. The van der Waals surface area contributed by atoms with Crippen molar-refractivity contribution in [2.75, 3.05) is 14.2 Å². The van der Waals surface area contributed by atoms with Gasteiger partial charge in [0.1, 0.15) is 11.5 Å². The highest BCUT2D eigenvalue weighted by Crippen LogP contribution is 2.30. The lowest BCUT2D eigenvalue weighted by molar-refractivity contribution is 0.0943. The monoisotopic (exact) mass is 347 g/mol. The largest absolute Gasteiger partial charge is 0.497 e. The zero-order valence-corrected chi connectivity index (χ0v) is 15.8. The highest BCUT2D eigenvalue weighted by molar-refractivity contribution is 7.14. The molecule has 1 amide bonds. The summed E-state index contributed by atoms with van der Waals surface area (Å²) < 4.78 is 10.7. The maximum atomic E-state index is 12.6. The summed E-state index contributed by atoms with van der Waals surface area (Å²) in [5.41, 5.74) is 2.16. The first-order valence-electron chi connectivity index (χ1n) is 8.12. The number of benzene rings is 1. The fourth-order valence-corrected chi connectivity index (χ4v) is 3.65. The van der Waals surface area contributed by atoms with Crippen LogP contribution in [0.4, 0.5) is 0 Å². The van der Waals surface area contributed by atoms with Crippen molar-refractivity contribution in [3.8, 4) is 11.5 Å². The van der Waals surface area contributed by atoms with Gasteiger partial charge in [0.2, 0.25) is 0 Å². The Labute approximate surface area is 147 Å². The van der Waals surface area contributed by atoms with Crippen molar-refractivity contribution in [1.29, 1.82) is 0 Å². The van der Waals surface area contributed by atoms with E-state index in [1.807, 2.05) is 31.2 Å². The van der Waals surface area contributed by atoms with Crippen LogP contribution in [-0.4, -0.2) is 20.1 Å². The van der Waals surface area contributed by atoms with E-state index >= 15 is 0 Å². The van der Waals surface area contributed by atoms with E-state index in [-0.39, 0.29) is 11.9 Å². The molecule has 1 aromatic carbocycles. The zero-order chi connectivity index (χ0) is 17.7. The Morgan fingerprint density at radius 3 is 2.62 bits per heavy atom. The van der Waals surface area contributed by atoms with Gasteiger partial charge in [0.25, 0.3) is 5.91 Å². The standard InChI is InChI=1S/C19H25NO3S/c1-6-7-14-10-18(24-13(14)3)19(21)20-12(2)16-11-15(22-4)8-9-17(16)23-5/h8-12H,6-7H2,1-5H3,(H,20,21)/t12-/m1/s1. The first-order valence-corrected chi connectivity index (χ1v) is 8.93. The summed E-state index contributed by atoms with van der Waals surface area (Å²) in [5.74, 6) is 1.42. The lowest BCUT2D eigenvalue weighted by Gasteiger charge is -2.18. The second-order valence-electron chi connectivity index (χ2n) is 5.75. The first kappa shape index (κ1) is 18.3. The Bertz CT molecular complexity index is 709. The third-order valence-electron chi connectivity index (χ3n) is 4.01. The normalized spacial score (nSPS) is 11.9. The third kappa shape index (κ3) is 4.09. The molecule has 24 heavy (non-hydrogen) atoms. The molecule has 130 valence electrons. The van der Waals surface area contributed by atoms with Gasteiger partial charge < -0.3 is 14.8 Å². The molecular weight excluding hydrogens is 322 g/mol. The van der Waals surface area contributed by atoms with Crippen molar-refractivity contribution < 1.29 is 14.3 Å². The SMILES string of the molecule is CCCc1cc(C(=O)N[C@H](C)c2cc(OC)ccc2OC)sc1C.